The molecule has 1 unspecified atom stereocenters. The fraction of sp³-hybridized carbons (Fsp3) is 0.286. The van der Waals surface area contributed by atoms with Crippen molar-refractivity contribution in [1.82, 2.24) is 14.7 Å². The van der Waals surface area contributed by atoms with Gasteiger partial charge in [0.15, 0.2) is 0 Å². The maximum Gasteiger partial charge on any atom is 0.270 e. The summed E-state index contributed by atoms with van der Waals surface area (Å²) in [6.07, 6.45) is 2.98. The van der Waals surface area contributed by atoms with Gasteiger partial charge in [0.05, 0.1) is 0 Å². The van der Waals surface area contributed by atoms with Crippen molar-refractivity contribution in [3.63, 3.8) is 0 Å². The highest BCUT2D eigenvalue weighted by molar-refractivity contribution is 5.93. The minimum atomic E-state index is -0.474. The molecule has 1 aromatic carbocycles. The lowest BCUT2D eigenvalue weighted by atomic mass is 9.99. The summed E-state index contributed by atoms with van der Waals surface area (Å²) in [5.41, 5.74) is 9.38. The molecule has 1 amide bonds. The van der Waals surface area contributed by atoms with Crippen LogP contribution in [-0.2, 0) is 0 Å². The molecule has 3 N–H and O–H groups in total. The largest absolute Gasteiger partial charge is 0.350 e. The summed E-state index contributed by atoms with van der Waals surface area (Å²) in [6, 6.07) is 11.3. The van der Waals surface area contributed by atoms with E-state index < -0.39 is 11.5 Å². The first-order valence-corrected chi connectivity index (χ1v) is 8.98. The number of pyridine rings is 1. The smallest absolute Gasteiger partial charge is 0.270 e. The van der Waals surface area contributed by atoms with Crippen molar-refractivity contribution in [3.05, 3.63) is 81.4 Å². The Morgan fingerprint density at radius 2 is 1.79 bits per heavy atom. The van der Waals surface area contributed by atoms with Crippen molar-refractivity contribution < 1.29 is 4.79 Å². The van der Waals surface area contributed by atoms with E-state index in [0.29, 0.717) is 11.6 Å². The third-order valence-electron chi connectivity index (χ3n) is 4.61. The van der Waals surface area contributed by atoms with Crippen molar-refractivity contribution in [3.8, 4) is 0 Å². The van der Waals surface area contributed by atoms with Gasteiger partial charge in [0, 0.05) is 25.0 Å². The zero-order chi connectivity index (χ0) is 19.6. The van der Waals surface area contributed by atoms with Crippen molar-refractivity contribution in [1.29, 1.82) is 0 Å². The second-order valence-corrected chi connectivity index (χ2v) is 7.05. The molecule has 7 heteroatoms. The van der Waals surface area contributed by atoms with Crippen LogP contribution in [0.3, 0.4) is 0 Å². The molecule has 2 aromatic heterocycles. The lowest BCUT2D eigenvalue weighted by Crippen LogP contribution is -2.36. The number of halogens is 1. The number of fused-ring (bicyclic) bond motifs is 1. The Kier molecular flexibility index (Phi) is 6.94. The van der Waals surface area contributed by atoms with Crippen molar-refractivity contribution in [2.24, 2.45) is 5.73 Å². The average Bonchev–Trinajstić information content (AvgIpc) is 2.66. The van der Waals surface area contributed by atoms with Gasteiger partial charge in [-0.3, -0.25) is 14.0 Å². The number of rotatable bonds is 5. The lowest BCUT2D eigenvalue weighted by molar-refractivity contribution is 0.0949. The first kappa shape index (κ1) is 21.6. The molecule has 0 bridgehead atoms. The van der Waals surface area contributed by atoms with Gasteiger partial charge in [-0.05, 0) is 35.6 Å². The van der Waals surface area contributed by atoms with Crippen molar-refractivity contribution in [2.75, 3.05) is 6.54 Å². The fourth-order valence-electron chi connectivity index (χ4n) is 2.88. The molecule has 0 radical (unpaired) electrons. The van der Waals surface area contributed by atoms with Crippen LogP contribution < -0.4 is 16.6 Å². The number of nitrogens with zero attached hydrogens (tertiary/aromatic N) is 2. The quantitative estimate of drug-likeness (QED) is 0.689. The number of aryl methyl sites for hydroxylation is 1. The second-order valence-electron chi connectivity index (χ2n) is 7.05. The van der Waals surface area contributed by atoms with E-state index >= 15 is 0 Å². The summed E-state index contributed by atoms with van der Waals surface area (Å²) >= 11 is 0. The van der Waals surface area contributed by atoms with E-state index in [9.17, 15) is 9.59 Å². The van der Waals surface area contributed by atoms with E-state index in [4.69, 9.17) is 5.73 Å². The Labute approximate surface area is 170 Å². The number of nitrogens with two attached hydrogens (primary N) is 1. The molecular weight excluding hydrogens is 376 g/mol. The highest BCUT2D eigenvalue weighted by Gasteiger charge is 2.15. The van der Waals surface area contributed by atoms with Gasteiger partial charge >= 0.3 is 0 Å². The third-order valence-corrected chi connectivity index (χ3v) is 4.61. The normalized spacial score (nSPS) is 11.9. The van der Waals surface area contributed by atoms with Crippen LogP contribution >= 0.6 is 12.4 Å². The lowest BCUT2D eigenvalue weighted by Gasteiger charge is -2.14. The van der Waals surface area contributed by atoms with Crippen LogP contribution in [0.2, 0.25) is 0 Å². The van der Waals surface area contributed by atoms with Gasteiger partial charge in [0.2, 0.25) is 0 Å². The average molecular weight is 401 g/mol. The fourth-order valence-corrected chi connectivity index (χ4v) is 2.88. The highest BCUT2D eigenvalue weighted by atomic mass is 35.5. The molecule has 0 spiro atoms. The summed E-state index contributed by atoms with van der Waals surface area (Å²) in [7, 11) is 0. The zero-order valence-corrected chi connectivity index (χ0v) is 17.0. The summed E-state index contributed by atoms with van der Waals surface area (Å²) < 4.78 is 1.38. The van der Waals surface area contributed by atoms with Gasteiger partial charge in [0.25, 0.3) is 11.5 Å². The number of benzene rings is 1. The highest BCUT2D eigenvalue weighted by Crippen LogP contribution is 2.17. The standard InChI is InChI=1S/C21H24N4O2.ClH/c1-13(2)15-5-7-16(8-6-15)18(22)11-24-20(26)17-10-23-19-9-4-14(3)12-25(19)21(17)27;/h4-10,12-13,18H,11,22H2,1-3H3,(H,24,26);1H. The number of hydrogen-bond donors (Lipinski definition) is 2. The molecule has 0 aliphatic heterocycles. The molecule has 0 aliphatic rings. The first-order chi connectivity index (χ1) is 12.9. The second kappa shape index (κ2) is 8.99. The molecule has 0 fully saturated rings. The van der Waals surface area contributed by atoms with Crippen LogP contribution in [0.25, 0.3) is 5.65 Å². The monoisotopic (exact) mass is 400 g/mol. The van der Waals surface area contributed by atoms with Gasteiger partial charge in [-0.15, -0.1) is 12.4 Å². The predicted molar refractivity (Wildman–Crippen MR) is 113 cm³/mol. The maximum atomic E-state index is 12.6. The summed E-state index contributed by atoms with van der Waals surface area (Å²) in [4.78, 5) is 29.2. The molecule has 3 aromatic rings. The zero-order valence-electron chi connectivity index (χ0n) is 16.2. The Bertz CT molecular complexity index is 1030. The number of aromatic nitrogens is 2. The minimum Gasteiger partial charge on any atom is -0.350 e. The van der Waals surface area contributed by atoms with Gasteiger partial charge in [-0.1, -0.05) is 44.2 Å². The topological polar surface area (TPSA) is 89.5 Å². The number of carbonyl (C=O) groups excluding carboxylic acids is 1. The minimum absolute atomic E-state index is 0. The van der Waals surface area contributed by atoms with Gasteiger partial charge in [-0.2, -0.15) is 0 Å². The van der Waals surface area contributed by atoms with Crippen LogP contribution in [0, 0.1) is 6.92 Å². The number of nitrogens with one attached hydrogen (secondary N) is 1. The summed E-state index contributed by atoms with van der Waals surface area (Å²) in [5, 5.41) is 2.74. The molecule has 1 atom stereocenters. The summed E-state index contributed by atoms with van der Waals surface area (Å²) in [5.74, 6) is -0.0235. The number of carbonyl (C=O) groups is 1. The van der Waals surface area contributed by atoms with Crippen LogP contribution in [0.5, 0.6) is 0 Å². The van der Waals surface area contributed by atoms with E-state index in [-0.39, 0.29) is 30.6 Å². The molecule has 2 heterocycles. The van der Waals surface area contributed by atoms with E-state index in [1.807, 2.05) is 37.3 Å². The predicted octanol–water partition coefficient (Wildman–Crippen LogP) is 2.98. The van der Waals surface area contributed by atoms with Gasteiger partial charge in [-0.25, -0.2) is 4.98 Å². The van der Waals surface area contributed by atoms with E-state index in [2.05, 4.69) is 24.1 Å². The first-order valence-electron chi connectivity index (χ1n) is 8.98. The Morgan fingerprint density at radius 3 is 2.43 bits per heavy atom. The van der Waals surface area contributed by atoms with Gasteiger partial charge < -0.3 is 11.1 Å². The van der Waals surface area contributed by atoms with Crippen LogP contribution in [0.4, 0.5) is 0 Å². The molecule has 6 nitrogen and oxygen atoms in total. The van der Waals surface area contributed by atoms with E-state index in [1.54, 1.807) is 12.3 Å². The maximum absolute atomic E-state index is 12.6. The number of amides is 1. The van der Waals surface area contributed by atoms with Crippen molar-refractivity contribution >= 4 is 24.0 Å². The molecule has 0 saturated heterocycles. The SMILES string of the molecule is Cc1ccc2ncc(C(=O)NCC(N)c3ccc(C(C)C)cc3)c(=O)n2c1.Cl. The Hall–Kier alpha value is -2.70. The van der Waals surface area contributed by atoms with Crippen LogP contribution in [0.15, 0.2) is 53.6 Å². The molecular formula is C21H25ClN4O2. The summed E-state index contributed by atoms with van der Waals surface area (Å²) in [6.45, 7) is 6.37. The Morgan fingerprint density at radius 1 is 1.14 bits per heavy atom. The molecule has 3 rings (SSSR count). The molecule has 0 aliphatic carbocycles. The number of hydrogen-bond acceptors (Lipinski definition) is 4. The Balaban J connectivity index is 0.00000280. The van der Waals surface area contributed by atoms with Crippen molar-refractivity contribution in [2.45, 2.75) is 32.7 Å². The van der Waals surface area contributed by atoms with Crippen LogP contribution in [0.1, 0.15) is 52.9 Å². The van der Waals surface area contributed by atoms with E-state index in [0.717, 1.165) is 11.1 Å². The third kappa shape index (κ3) is 4.58. The van der Waals surface area contributed by atoms with Gasteiger partial charge in [0.1, 0.15) is 11.2 Å². The van der Waals surface area contributed by atoms with Crippen LogP contribution in [-0.4, -0.2) is 21.8 Å². The van der Waals surface area contributed by atoms with E-state index in [1.165, 1.54) is 16.2 Å². The molecule has 148 valence electrons. The molecule has 28 heavy (non-hydrogen) atoms. The molecule has 0 saturated carbocycles.